The molecule has 1 heteroatoms. The first-order chi connectivity index (χ1) is 6.57. The van der Waals surface area contributed by atoms with E-state index in [2.05, 4.69) is 32.9 Å². The van der Waals surface area contributed by atoms with E-state index >= 15 is 0 Å². The average Bonchev–Trinajstić information content (AvgIpc) is 2.65. The molecule has 0 amide bonds. The maximum absolute atomic E-state index is 8.57. The lowest BCUT2D eigenvalue weighted by molar-refractivity contribution is 0.452. The fourth-order valence-electron chi connectivity index (χ4n) is 3.18. The molecule has 0 aromatic carbocycles. The summed E-state index contributed by atoms with van der Waals surface area (Å²) in [5.41, 5.74) is 2.12. The molecule has 0 aliphatic heterocycles. The van der Waals surface area contributed by atoms with Crippen LogP contribution in [0, 0.1) is 34.5 Å². The van der Waals surface area contributed by atoms with Gasteiger partial charge in [-0.1, -0.05) is 32.4 Å². The van der Waals surface area contributed by atoms with Crippen molar-refractivity contribution in [1.29, 1.82) is 5.26 Å². The van der Waals surface area contributed by atoms with Crippen molar-refractivity contribution in [2.24, 2.45) is 23.2 Å². The molecule has 0 aromatic rings. The Hall–Kier alpha value is -0.770. The van der Waals surface area contributed by atoms with E-state index in [4.69, 9.17) is 5.26 Å². The second-order valence-corrected chi connectivity index (χ2v) is 5.52. The molecule has 2 aliphatic rings. The van der Waals surface area contributed by atoms with Crippen LogP contribution in [-0.2, 0) is 0 Å². The molecule has 1 nitrogen and oxygen atoms in total. The van der Waals surface area contributed by atoms with Gasteiger partial charge in [0, 0.05) is 0 Å². The van der Waals surface area contributed by atoms with Gasteiger partial charge in [-0.05, 0) is 36.0 Å². The molecular weight excluding hydrogens is 170 g/mol. The highest BCUT2D eigenvalue weighted by atomic mass is 14.6. The molecule has 0 heterocycles. The molecule has 76 valence electrons. The molecular formula is C13H19N. The molecule has 0 N–H and O–H groups in total. The van der Waals surface area contributed by atoms with Crippen LogP contribution in [-0.4, -0.2) is 0 Å². The lowest BCUT2D eigenvalue weighted by atomic mass is 9.85. The lowest BCUT2D eigenvalue weighted by Gasteiger charge is -2.20. The fraction of sp³-hybridized carbons (Fsp3) is 0.769. The van der Waals surface area contributed by atoms with E-state index in [-0.39, 0.29) is 0 Å². The Morgan fingerprint density at radius 3 is 2.86 bits per heavy atom. The normalized spacial score (nSPS) is 41.6. The quantitative estimate of drug-likeness (QED) is 0.579. The number of rotatable bonds is 1. The van der Waals surface area contributed by atoms with Crippen molar-refractivity contribution in [3.63, 3.8) is 0 Å². The van der Waals surface area contributed by atoms with E-state index in [0.29, 0.717) is 17.8 Å². The molecule has 0 radical (unpaired) electrons. The van der Waals surface area contributed by atoms with Gasteiger partial charge in [0.1, 0.15) is 0 Å². The van der Waals surface area contributed by atoms with Crippen LogP contribution in [0.15, 0.2) is 11.6 Å². The van der Waals surface area contributed by atoms with Crippen molar-refractivity contribution in [1.82, 2.24) is 0 Å². The fourth-order valence-corrected chi connectivity index (χ4v) is 3.18. The second-order valence-electron chi connectivity index (χ2n) is 5.52. The molecule has 2 rings (SSSR count). The predicted octanol–water partition coefficient (Wildman–Crippen LogP) is 3.53. The van der Waals surface area contributed by atoms with Gasteiger partial charge in [-0.3, -0.25) is 0 Å². The van der Waals surface area contributed by atoms with E-state index < -0.39 is 0 Å². The predicted molar refractivity (Wildman–Crippen MR) is 57.5 cm³/mol. The maximum Gasteiger partial charge on any atom is 0.0663 e. The second kappa shape index (κ2) is 3.12. The van der Waals surface area contributed by atoms with Crippen molar-refractivity contribution >= 4 is 0 Å². The zero-order chi connectivity index (χ0) is 10.3. The highest BCUT2D eigenvalue weighted by molar-refractivity contribution is 5.21. The molecule has 0 bridgehead atoms. The SMILES string of the molecule is C[C@@H]1C[C@H]2C(CC1=CCC#N)C2(C)C. The van der Waals surface area contributed by atoms with Crippen LogP contribution in [0.2, 0.25) is 0 Å². The summed E-state index contributed by atoms with van der Waals surface area (Å²) < 4.78 is 0. The Morgan fingerprint density at radius 2 is 2.21 bits per heavy atom. The van der Waals surface area contributed by atoms with Gasteiger partial charge in [0.25, 0.3) is 0 Å². The molecule has 2 saturated carbocycles. The summed E-state index contributed by atoms with van der Waals surface area (Å²) in [6.07, 6.45) is 5.35. The Kier molecular flexibility index (Phi) is 2.18. The first-order valence-electron chi connectivity index (χ1n) is 5.63. The number of nitrogens with zero attached hydrogens (tertiary/aromatic N) is 1. The maximum atomic E-state index is 8.57. The molecule has 0 aromatic heterocycles. The van der Waals surface area contributed by atoms with Gasteiger partial charge in [0.05, 0.1) is 12.5 Å². The van der Waals surface area contributed by atoms with Crippen molar-refractivity contribution < 1.29 is 0 Å². The van der Waals surface area contributed by atoms with Gasteiger partial charge < -0.3 is 0 Å². The number of nitriles is 1. The van der Waals surface area contributed by atoms with Crippen LogP contribution >= 0.6 is 0 Å². The summed E-state index contributed by atoms with van der Waals surface area (Å²) in [6.45, 7) is 7.10. The van der Waals surface area contributed by atoms with Crippen LogP contribution in [0.25, 0.3) is 0 Å². The minimum Gasteiger partial charge on any atom is -0.198 e. The van der Waals surface area contributed by atoms with Gasteiger partial charge >= 0.3 is 0 Å². The zero-order valence-corrected chi connectivity index (χ0v) is 9.38. The summed E-state index contributed by atoms with van der Waals surface area (Å²) in [6, 6.07) is 2.21. The molecule has 1 unspecified atom stereocenters. The van der Waals surface area contributed by atoms with Gasteiger partial charge in [0.15, 0.2) is 0 Å². The van der Waals surface area contributed by atoms with Crippen molar-refractivity contribution in [3.05, 3.63) is 11.6 Å². The standard InChI is InChI=1S/C13H19N/c1-9-7-11-12(13(11,2)3)8-10(9)5-4-6-14/h5,9,11-12H,4,7-8H2,1-3H3/t9-,11+,12?/m1/s1. The van der Waals surface area contributed by atoms with Gasteiger partial charge in [0.2, 0.25) is 0 Å². The first kappa shape index (κ1) is 9.77. The first-order valence-corrected chi connectivity index (χ1v) is 5.63. The third kappa shape index (κ3) is 1.38. The third-order valence-corrected chi connectivity index (χ3v) is 4.44. The molecule has 14 heavy (non-hydrogen) atoms. The number of allylic oxidation sites excluding steroid dienone is 2. The van der Waals surface area contributed by atoms with Crippen LogP contribution in [0.5, 0.6) is 0 Å². The molecule has 3 atom stereocenters. The highest BCUT2D eigenvalue weighted by Gasteiger charge is 2.59. The smallest absolute Gasteiger partial charge is 0.0663 e. The van der Waals surface area contributed by atoms with E-state index in [0.717, 1.165) is 11.8 Å². The summed E-state index contributed by atoms with van der Waals surface area (Å²) in [7, 11) is 0. The van der Waals surface area contributed by atoms with E-state index in [9.17, 15) is 0 Å². The van der Waals surface area contributed by atoms with Crippen LogP contribution < -0.4 is 0 Å². The molecule has 2 aliphatic carbocycles. The summed E-state index contributed by atoms with van der Waals surface area (Å²) in [5.74, 6) is 2.58. The monoisotopic (exact) mass is 189 g/mol. The minimum atomic E-state index is 0.580. The van der Waals surface area contributed by atoms with E-state index in [1.54, 1.807) is 5.57 Å². The zero-order valence-electron chi connectivity index (χ0n) is 9.38. The molecule has 0 saturated heterocycles. The largest absolute Gasteiger partial charge is 0.198 e. The lowest BCUT2D eigenvalue weighted by Crippen LogP contribution is -2.08. The third-order valence-electron chi connectivity index (χ3n) is 4.44. The van der Waals surface area contributed by atoms with Crippen LogP contribution in [0.1, 0.15) is 40.0 Å². The van der Waals surface area contributed by atoms with Gasteiger partial charge in [-0.25, -0.2) is 0 Å². The average molecular weight is 189 g/mol. The number of hydrogen-bond donors (Lipinski definition) is 0. The van der Waals surface area contributed by atoms with Crippen molar-refractivity contribution in [2.45, 2.75) is 40.0 Å². The van der Waals surface area contributed by atoms with E-state index in [1.165, 1.54) is 12.8 Å². The Balaban J connectivity index is 2.07. The summed E-state index contributed by atoms with van der Waals surface area (Å²) in [5, 5.41) is 8.57. The Morgan fingerprint density at radius 1 is 1.50 bits per heavy atom. The van der Waals surface area contributed by atoms with Crippen LogP contribution in [0.4, 0.5) is 0 Å². The Labute approximate surface area is 86.8 Å². The summed E-state index contributed by atoms with van der Waals surface area (Å²) >= 11 is 0. The minimum absolute atomic E-state index is 0.580. The topological polar surface area (TPSA) is 23.8 Å². The number of hydrogen-bond acceptors (Lipinski definition) is 1. The van der Waals surface area contributed by atoms with Crippen molar-refractivity contribution in [2.75, 3.05) is 0 Å². The highest BCUT2D eigenvalue weighted by Crippen LogP contribution is 2.66. The van der Waals surface area contributed by atoms with Gasteiger partial charge in [-0.2, -0.15) is 5.26 Å². The van der Waals surface area contributed by atoms with E-state index in [1.807, 2.05) is 0 Å². The molecule has 2 fully saturated rings. The number of fused-ring (bicyclic) bond motifs is 1. The van der Waals surface area contributed by atoms with Crippen molar-refractivity contribution in [3.8, 4) is 6.07 Å². The summed E-state index contributed by atoms with van der Waals surface area (Å²) in [4.78, 5) is 0. The Bertz CT molecular complexity index is 306. The van der Waals surface area contributed by atoms with Crippen LogP contribution in [0.3, 0.4) is 0 Å². The molecule has 0 spiro atoms. The van der Waals surface area contributed by atoms with Gasteiger partial charge in [-0.15, -0.1) is 0 Å².